The maximum atomic E-state index is 12.8. The first-order chi connectivity index (χ1) is 15.8. The van der Waals surface area contributed by atoms with Gasteiger partial charge in [-0.3, -0.25) is 0 Å². The standard InChI is InChI=1S/C26H31N3O3S/c1-4-29(3)18-21-10-12-22(13-11-21)19-33(31,32)25-16-14-24(15-17-25)28-26(30)27-20(2)23-8-6-5-7-9-23/h5-17,20H,4,18-19H2,1-3H3,(H2,27,28,30). The number of rotatable bonds is 9. The van der Waals surface area contributed by atoms with Gasteiger partial charge in [0.05, 0.1) is 16.7 Å². The minimum atomic E-state index is -3.49. The molecule has 3 aromatic rings. The lowest BCUT2D eigenvalue weighted by atomic mass is 10.1. The summed E-state index contributed by atoms with van der Waals surface area (Å²) in [6.45, 7) is 5.78. The van der Waals surface area contributed by atoms with E-state index in [1.54, 1.807) is 12.1 Å². The molecular formula is C26H31N3O3S. The monoisotopic (exact) mass is 465 g/mol. The third-order valence-electron chi connectivity index (χ3n) is 5.49. The SMILES string of the molecule is CCN(C)Cc1ccc(CS(=O)(=O)c2ccc(NC(=O)NC(C)c3ccccc3)cc2)cc1. The van der Waals surface area contributed by atoms with E-state index in [0.29, 0.717) is 5.69 Å². The van der Waals surface area contributed by atoms with Crippen molar-refractivity contribution in [1.29, 1.82) is 0 Å². The van der Waals surface area contributed by atoms with Crippen LogP contribution < -0.4 is 10.6 Å². The molecule has 0 aliphatic heterocycles. The predicted molar refractivity (Wildman–Crippen MR) is 133 cm³/mol. The normalized spacial score (nSPS) is 12.4. The molecule has 0 bridgehead atoms. The smallest absolute Gasteiger partial charge is 0.319 e. The lowest BCUT2D eigenvalue weighted by Crippen LogP contribution is -2.31. The van der Waals surface area contributed by atoms with Crippen LogP contribution in [-0.4, -0.2) is 32.9 Å². The fraction of sp³-hybridized carbons (Fsp3) is 0.269. The highest BCUT2D eigenvalue weighted by Gasteiger charge is 2.16. The number of anilines is 1. The molecule has 0 saturated carbocycles. The summed E-state index contributed by atoms with van der Waals surface area (Å²) >= 11 is 0. The molecule has 3 rings (SSSR count). The van der Waals surface area contributed by atoms with Crippen molar-refractivity contribution >= 4 is 21.6 Å². The van der Waals surface area contributed by atoms with Crippen molar-refractivity contribution in [2.75, 3.05) is 18.9 Å². The molecule has 0 aromatic heterocycles. The maximum absolute atomic E-state index is 12.8. The van der Waals surface area contributed by atoms with E-state index in [-0.39, 0.29) is 22.7 Å². The van der Waals surface area contributed by atoms with Gasteiger partial charge in [-0.1, -0.05) is 61.5 Å². The first kappa shape index (κ1) is 24.5. The van der Waals surface area contributed by atoms with E-state index in [0.717, 1.165) is 29.8 Å². The molecule has 3 aromatic carbocycles. The van der Waals surface area contributed by atoms with Crippen LogP contribution >= 0.6 is 0 Å². The highest BCUT2D eigenvalue weighted by atomic mass is 32.2. The first-order valence-electron chi connectivity index (χ1n) is 11.0. The number of carbonyl (C=O) groups is 1. The first-order valence-corrected chi connectivity index (χ1v) is 12.6. The van der Waals surface area contributed by atoms with Crippen molar-refractivity contribution < 1.29 is 13.2 Å². The Balaban J connectivity index is 1.58. The van der Waals surface area contributed by atoms with Gasteiger partial charge >= 0.3 is 6.03 Å². The molecule has 0 aliphatic rings. The fourth-order valence-electron chi connectivity index (χ4n) is 3.40. The van der Waals surface area contributed by atoms with Crippen LogP contribution in [0.5, 0.6) is 0 Å². The number of carbonyl (C=O) groups excluding carboxylic acids is 1. The van der Waals surface area contributed by atoms with Crippen molar-refractivity contribution in [3.63, 3.8) is 0 Å². The summed E-state index contributed by atoms with van der Waals surface area (Å²) in [4.78, 5) is 14.7. The van der Waals surface area contributed by atoms with Crippen molar-refractivity contribution in [1.82, 2.24) is 10.2 Å². The quantitative estimate of drug-likeness (QED) is 0.466. The minimum absolute atomic E-state index is 0.0707. The number of benzene rings is 3. The summed E-state index contributed by atoms with van der Waals surface area (Å²) in [5.41, 5.74) is 3.42. The molecule has 33 heavy (non-hydrogen) atoms. The molecule has 0 heterocycles. The Morgan fingerprint density at radius 2 is 1.52 bits per heavy atom. The van der Waals surface area contributed by atoms with Crippen LogP contribution in [0.1, 0.15) is 36.6 Å². The van der Waals surface area contributed by atoms with E-state index in [2.05, 4.69) is 22.5 Å². The summed E-state index contributed by atoms with van der Waals surface area (Å²) in [7, 11) is -1.45. The Morgan fingerprint density at radius 1 is 0.909 bits per heavy atom. The molecular weight excluding hydrogens is 434 g/mol. The summed E-state index contributed by atoms with van der Waals surface area (Å²) in [5, 5.41) is 5.62. The Bertz CT molecular complexity index is 1150. The fourth-order valence-corrected chi connectivity index (χ4v) is 4.75. The summed E-state index contributed by atoms with van der Waals surface area (Å²) in [6, 6.07) is 23.1. The summed E-state index contributed by atoms with van der Waals surface area (Å²) < 4.78 is 25.7. The van der Waals surface area contributed by atoms with Gasteiger partial charge in [0.2, 0.25) is 0 Å². The topological polar surface area (TPSA) is 78.5 Å². The van der Waals surface area contributed by atoms with Gasteiger partial charge in [-0.25, -0.2) is 13.2 Å². The molecule has 0 aliphatic carbocycles. The average Bonchev–Trinajstić information content (AvgIpc) is 2.81. The van der Waals surface area contributed by atoms with Gasteiger partial charge < -0.3 is 15.5 Å². The van der Waals surface area contributed by atoms with Gasteiger partial charge in [0.25, 0.3) is 0 Å². The second kappa shape index (κ2) is 11.1. The van der Waals surface area contributed by atoms with E-state index in [1.165, 1.54) is 12.1 Å². The molecule has 6 nitrogen and oxygen atoms in total. The van der Waals surface area contributed by atoms with Crippen LogP contribution in [0, 0.1) is 0 Å². The van der Waals surface area contributed by atoms with Gasteiger partial charge in [0, 0.05) is 12.2 Å². The molecule has 0 saturated heterocycles. The van der Waals surface area contributed by atoms with Gasteiger partial charge in [-0.2, -0.15) is 0 Å². The molecule has 2 amide bonds. The highest BCUT2D eigenvalue weighted by molar-refractivity contribution is 7.90. The number of urea groups is 1. The molecule has 2 N–H and O–H groups in total. The van der Waals surface area contributed by atoms with E-state index in [9.17, 15) is 13.2 Å². The van der Waals surface area contributed by atoms with E-state index < -0.39 is 9.84 Å². The number of nitrogens with one attached hydrogen (secondary N) is 2. The van der Waals surface area contributed by atoms with Gasteiger partial charge in [-0.05, 0) is 61.5 Å². The van der Waals surface area contributed by atoms with Crippen molar-refractivity contribution in [2.24, 2.45) is 0 Å². The number of hydrogen-bond acceptors (Lipinski definition) is 4. The number of hydrogen-bond donors (Lipinski definition) is 2. The third-order valence-corrected chi connectivity index (χ3v) is 7.19. The zero-order chi connectivity index (χ0) is 23.8. The van der Waals surface area contributed by atoms with E-state index in [4.69, 9.17) is 0 Å². The maximum Gasteiger partial charge on any atom is 0.319 e. The number of sulfone groups is 1. The Hall–Kier alpha value is -3.16. The summed E-state index contributed by atoms with van der Waals surface area (Å²) in [5.74, 6) is -0.0707. The zero-order valence-electron chi connectivity index (χ0n) is 19.3. The Kier molecular flexibility index (Phi) is 8.25. The second-order valence-corrected chi connectivity index (χ2v) is 10.2. The van der Waals surface area contributed by atoms with Gasteiger partial charge in [0.15, 0.2) is 9.84 Å². The summed E-state index contributed by atoms with van der Waals surface area (Å²) in [6.07, 6.45) is 0. The van der Waals surface area contributed by atoms with Crippen LogP contribution in [0.3, 0.4) is 0 Å². The molecule has 0 radical (unpaired) electrons. The highest BCUT2D eigenvalue weighted by Crippen LogP contribution is 2.20. The van der Waals surface area contributed by atoms with E-state index >= 15 is 0 Å². The van der Waals surface area contributed by atoms with Crippen LogP contribution in [0.2, 0.25) is 0 Å². The van der Waals surface area contributed by atoms with Crippen LogP contribution in [-0.2, 0) is 22.1 Å². The molecule has 7 heteroatoms. The number of nitrogens with zero attached hydrogens (tertiary/aromatic N) is 1. The molecule has 1 atom stereocenters. The van der Waals surface area contributed by atoms with Crippen LogP contribution in [0.15, 0.2) is 83.8 Å². The molecule has 1 unspecified atom stereocenters. The minimum Gasteiger partial charge on any atom is -0.331 e. The van der Waals surface area contributed by atoms with Crippen molar-refractivity contribution in [2.45, 2.75) is 37.1 Å². The zero-order valence-corrected chi connectivity index (χ0v) is 20.1. The lowest BCUT2D eigenvalue weighted by Gasteiger charge is -2.15. The van der Waals surface area contributed by atoms with Crippen molar-refractivity contribution in [3.8, 4) is 0 Å². The molecule has 0 spiro atoms. The van der Waals surface area contributed by atoms with Crippen LogP contribution in [0.4, 0.5) is 10.5 Å². The van der Waals surface area contributed by atoms with Gasteiger partial charge in [-0.15, -0.1) is 0 Å². The lowest BCUT2D eigenvalue weighted by molar-refractivity contribution is 0.249. The van der Waals surface area contributed by atoms with E-state index in [1.807, 2.05) is 68.6 Å². The van der Waals surface area contributed by atoms with Gasteiger partial charge in [0.1, 0.15) is 0 Å². The third kappa shape index (κ3) is 7.17. The number of amides is 2. The average molecular weight is 466 g/mol. The van der Waals surface area contributed by atoms with Crippen molar-refractivity contribution in [3.05, 3.63) is 95.6 Å². The molecule has 174 valence electrons. The second-order valence-electron chi connectivity index (χ2n) is 8.16. The Morgan fingerprint density at radius 3 is 2.12 bits per heavy atom. The van der Waals surface area contributed by atoms with Crippen LogP contribution in [0.25, 0.3) is 0 Å². The largest absolute Gasteiger partial charge is 0.331 e. The molecule has 0 fully saturated rings. The Labute approximate surface area is 196 Å². The predicted octanol–water partition coefficient (Wildman–Crippen LogP) is 4.99.